The quantitative estimate of drug-likeness (QED) is 0.838. The monoisotopic (exact) mass is 283 g/mol. The Hall–Kier alpha value is -1.38. The van der Waals surface area contributed by atoms with Crippen molar-refractivity contribution in [1.29, 1.82) is 0 Å². The van der Waals surface area contributed by atoms with Crippen molar-refractivity contribution < 1.29 is 23.1 Å². The Morgan fingerprint density at radius 2 is 2.17 bits per heavy atom. The smallest absolute Gasteiger partial charge is 0.445 e. The van der Waals surface area contributed by atoms with E-state index >= 15 is 0 Å². The summed E-state index contributed by atoms with van der Waals surface area (Å²) in [5, 5.41) is 16.7. The maximum atomic E-state index is 12.2. The summed E-state index contributed by atoms with van der Waals surface area (Å²) in [6.07, 6.45) is -3.92. The molecule has 0 radical (unpaired) electrons. The topological polar surface area (TPSA) is 75.1 Å². The molecule has 9 heteroatoms. The molecule has 0 aliphatic carbocycles. The Balaban J connectivity index is 2.52. The van der Waals surface area contributed by atoms with Gasteiger partial charge >= 0.3 is 12.1 Å². The van der Waals surface area contributed by atoms with Gasteiger partial charge in [-0.25, -0.2) is 0 Å². The van der Waals surface area contributed by atoms with Gasteiger partial charge in [0.1, 0.15) is 0 Å². The van der Waals surface area contributed by atoms with E-state index in [1.807, 2.05) is 6.92 Å². The summed E-state index contributed by atoms with van der Waals surface area (Å²) in [5.74, 6) is -1.09. The molecule has 1 atom stereocenters. The number of alkyl halides is 3. The Morgan fingerprint density at radius 1 is 1.50 bits per heavy atom. The van der Waals surface area contributed by atoms with Crippen LogP contribution in [0, 0.1) is 5.92 Å². The standard InChI is InChI=1S/C9H12F3N3O2S/c1-2-5(3-6(16)17)4-13-8-15-14-7(18-8)9(10,11)12/h5H,2-4H2,1H3,(H,13,15)(H,16,17). The molecule has 1 unspecified atom stereocenters. The maximum Gasteiger partial charge on any atom is 0.445 e. The lowest BCUT2D eigenvalue weighted by atomic mass is 10.0. The zero-order chi connectivity index (χ0) is 13.8. The molecule has 0 saturated carbocycles. The fourth-order valence-electron chi connectivity index (χ4n) is 1.25. The third-order valence-corrected chi connectivity index (χ3v) is 3.18. The van der Waals surface area contributed by atoms with Crippen LogP contribution < -0.4 is 5.32 Å². The molecule has 1 aromatic heterocycles. The van der Waals surface area contributed by atoms with Crippen molar-refractivity contribution in [3.05, 3.63) is 5.01 Å². The molecule has 0 aliphatic heterocycles. The highest BCUT2D eigenvalue weighted by Gasteiger charge is 2.35. The summed E-state index contributed by atoms with van der Waals surface area (Å²) in [7, 11) is 0. The van der Waals surface area contributed by atoms with E-state index in [1.165, 1.54) is 0 Å². The van der Waals surface area contributed by atoms with E-state index in [4.69, 9.17) is 5.11 Å². The highest BCUT2D eigenvalue weighted by molar-refractivity contribution is 7.15. The van der Waals surface area contributed by atoms with Crippen molar-refractivity contribution in [1.82, 2.24) is 10.2 Å². The van der Waals surface area contributed by atoms with Crippen LogP contribution in [-0.4, -0.2) is 27.8 Å². The van der Waals surface area contributed by atoms with Crippen LogP contribution in [0.3, 0.4) is 0 Å². The number of nitrogens with one attached hydrogen (secondary N) is 1. The van der Waals surface area contributed by atoms with Gasteiger partial charge in [-0.05, 0) is 5.92 Å². The summed E-state index contributed by atoms with van der Waals surface area (Å²) in [6.45, 7) is 2.08. The van der Waals surface area contributed by atoms with E-state index in [0.29, 0.717) is 17.8 Å². The van der Waals surface area contributed by atoms with Crippen LogP contribution >= 0.6 is 11.3 Å². The van der Waals surface area contributed by atoms with Crippen LogP contribution in [0.25, 0.3) is 0 Å². The molecule has 5 nitrogen and oxygen atoms in total. The molecule has 0 bridgehead atoms. The van der Waals surface area contributed by atoms with E-state index in [1.54, 1.807) is 0 Å². The van der Waals surface area contributed by atoms with Crippen molar-refractivity contribution in [2.24, 2.45) is 5.92 Å². The van der Waals surface area contributed by atoms with E-state index in [2.05, 4.69) is 15.5 Å². The van der Waals surface area contributed by atoms with Crippen molar-refractivity contribution in [2.45, 2.75) is 25.9 Å². The van der Waals surface area contributed by atoms with E-state index in [0.717, 1.165) is 0 Å². The second-order valence-electron chi connectivity index (χ2n) is 3.66. The number of carboxylic acid groups (broad SMARTS) is 1. The van der Waals surface area contributed by atoms with Gasteiger partial charge in [0, 0.05) is 13.0 Å². The SMILES string of the molecule is CCC(CNc1nnc(C(F)(F)F)s1)CC(=O)O. The van der Waals surface area contributed by atoms with Crippen molar-refractivity contribution >= 4 is 22.4 Å². The molecule has 1 rings (SSSR count). The van der Waals surface area contributed by atoms with Gasteiger partial charge in [-0.2, -0.15) is 13.2 Å². The van der Waals surface area contributed by atoms with E-state index in [9.17, 15) is 18.0 Å². The van der Waals surface area contributed by atoms with Crippen LogP contribution in [0.5, 0.6) is 0 Å². The summed E-state index contributed by atoms with van der Waals surface area (Å²) in [6, 6.07) is 0. The lowest BCUT2D eigenvalue weighted by Crippen LogP contribution is -2.17. The van der Waals surface area contributed by atoms with Gasteiger partial charge < -0.3 is 10.4 Å². The second-order valence-corrected chi connectivity index (χ2v) is 4.64. The van der Waals surface area contributed by atoms with E-state index in [-0.39, 0.29) is 24.0 Å². The fraction of sp³-hybridized carbons (Fsp3) is 0.667. The number of aromatic nitrogens is 2. The highest BCUT2D eigenvalue weighted by atomic mass is 32.1. The largest absolute Gasteiger partial charge is 0.481 e. The summed E-state index contributed by atoms with van der Waals surface area (Å²) in [4.78, 5) is 10.5. The minimum atomic E-state index is -4.50. The Labute approximate surface area is 105 Å². The molecule has 1 aromatic rings. The lowest BCUT2D eigenvalue weighted by molar-refractivity contribution is -0.139. The number of aliphatic carboxylic acids is 1. The molecular weight excluding hydrogens is 271 g/mol. The average molecular weight is 283 g/mol. The number of hydrogen-bond donors (Lipinski definition) is 2. The van der Waals surface area contributed by atoms with Crippen molar-refractivity contribution in [3.8, 4) is 0 Å². The molecule has 0 aromatic carbocycles. The number of nitrogens with zero attached hydrogens (tertiary/aromatic N) is 2. The van der Waals surface area contributed by atoms with E-state index < -0.39 is 17.2 Å². The molecule has 2 N–H and O–H groups in total. The highest BCUT2D eigenvalue weighted by Crippen LogP contribution is 2.33. The third-order valence-electron chi connectivity index (χ3n) is 2.25. The first-order valence-electron chi connectivity index (χ1n) is 5.19. The van der Waals surface area contributed by atoms with Crippen molar-refractivity contribution in [3.63, 3.8) is 0 Å². The van der Waals surface area contributed by atoms with Crippen LogP contribution in [0.15, 0.2) is 0 Å². The fourth-order valence-corrected chi connectivity index (χ4v) is 1.87. The zero-order valence-corrected chi connectivity index (χ0v) is 10.3. The van der Waals surface area contributed by atoms with Gasteiger partial charge in [-0.15, -0.1) is 10.2 Å². The van der Waals surface area contributed by atoms with Crippen LogP contribution in [-0.2, 0) is 11.0 Å². The number of rotatable bonds is 6. The Kier molecular flexibility index (Phi) is 4.88. The van der Waals surface area contributed by atoms with Crippen LogP contribution in [0.4, 0.5) is 18.3 Å². The Morgan fingerprint density at radius 3 is 2.61 bits per heavy atom. The molecule has 102 valence electrons. The molecule has 0 amide bonds. The molecule has 1 heterocycles. The predicted molar refractivity (Wildman–Crippen MR) is 59.4 cm³/mol. The minimum absolute atomic E-state index is 0.0333. The molecule has 0 spiro atoms. The third kappa shape index (κ3) is 4.47. The van der Waals surface area contributed by atoms with Crippen LogP contribution in [0.2, 0.25) is 0 Å². The summed E-state index contributed by atoms with van der Waals surface area (Å²) in [5.41, 5.74) is 0. The molecular formula is C9H12F3N3O2S. The van der Waals surface area contributed by atoms with Gasteiger partial charge in [-0.3, -0.25) is 4.79 Å². The van der Waals surface area contributed by atoms with Gasteiger partial charge in [-0.1, -0.05) is 24.7 Å². The van der Waals surface area contributed by atoms with Crippen molar-refractivity contribution in [2.75, 3.05) is 11.9 Å². The second kappa shape index (κ2) is 5.98. The number of carbonyl (C=O) groups is 1. The molecule has 18 heavy (non-hydrogen) atoms. The molecule has 0 fully saturated rings. The van der Waals surface area contributed by atoms with Gasteiger partial charge in [0.15, 0.2) is 0 Å². The molecule has 0 saturated heterocycles. The summed E-state index contributed by atoms with van der Waals surface area (Å²) < 4.78 is 36.7. The normalized spacial score (nSPS) is 13.3. The molecule has 0 aliphatic rings. The minimum Gasteiger partial charge on any atom is -0.481 e. The first-order chi connectivity index (χ1) is 8.32. The number of anilines is 1. The lowest BCUT2D eigenvalue weighted by Gasteiger charge is -2.11. The summed E-state index contributed by atoms with van der Waals surface area (Å²) >= 11 is 0.405. The average Bonchev–Trinajstić information content (AvgIpc) is 2.71. The van der Waals surface area contributed by atoms with Gasteiger partial charge in [0.05, 0.1) is 0 Å². The number of hydrogen-bond acceptors (Lipinski definition) is 5. The number of halogens is 3. The maximum absolute atomic E-state index is 12.2. The van der Waals surface area contributed by atoms with Gasteiger partial charge in [0.25, 0.3) is 0 Å². The first kappa shape index (κ1) is 14.7. The Bertz CT molecular complexity index is 408. The number of carboxylic acids is 1. The first-order valence-corrected chi connectivity index (χ1v) is 6.01. The zero-order valence-electron chi connectivity index (χ0n) is 9.49. The van der Waals surface area contributed by atoms with Crippen LogP contribution in [0.1, 0.15) is 24.8 Å². The predicted octanol–water partition coefficient (Wildman–Crippen LogP) is 2.47. The van der Waals surface area contributed by atoms with Gasteiger partial charge in [0.2, 0.25) is 10.1 Å².